The van der Waals surface area contributed by atoms with Crippen LogP contribution < -0.4 is 16.0 Å². The van der Waals surface area contributed by atoms with E-state index < -0.39 is 0 Å². The van der Waals surface area contributed by atoms with Gasteiger partial charge in [0, 0.05) is 32.3 Å². The molecule has 0 bridgehead atoms. The number of ether oxygens (including phenoxy) is 1. The van der Waals surface area contributed by atoms with E-state index in [1.54, 1.807) is 7.11 Å². The van der Waals surface area contributed by atoms with Gasteiger partial charge >= 0.3 is 0 Å². The molecule has 134 valence electrons. The summed E-state index contributed by atoms with van der Waals surface area (Å²) in [5, 5.41) is 9.33. The number of guanidine groups is 1. The number of nitrogens with one attached hydrogen (secondary N) is 3. The van der Waals surface area contributed by atoms with Gasteiger partial charge in [-0.3, -0.25) is 4.79 Å². The van der Waals surface area contributed by atoms with E-state index in [1.165, 1.54) is 0 Å². The van der Waals surface area contributed by atoms with Crippen molar-refractivity contribution in [3.8, 4) is 0 Å². The Labute approximate surface area is 145 Å². The van der Waals surface area contributed by atoms with E-state index in [-0.39, 0.29) is 5.91 Å². The van der Waals surface area contributed by atoms with Crippen molar-refractivity contribution in [2.75, 3.05) is 32.1 Å². The van der Waals surface area contributed by atoms with Crippen LogP contribution in [0.3, 0.4) is 0 Å². The van der Waals surface area contributed by atoms with Gasteiger partial charge in [0.1, 0.15) is 0 Å². The molecule has 6 nitrogen and oxygen atoms in total. The van der Waals surface area contributed by atoms with E-state index in [2.05, 4.69) is 20.9 Å². The summed E-state index contributed by atoms with van der Waals surface area (Å²) in [5.74, 6) is 1.14. The van der Waals surface area contributed by atoms with E-state index in [1.807, 2.05) is 45.0 Å². The Balaban J connectivity index is 2.64. The fourth-order valence-electron chi connectivity index (χ4n) is 2.11. The summed E-state index contributed by atoms with van der Waals surface area (Å²) < 4.78 is 5.03. The van der Waals surface area contributed by atoms with Crippen molar-refractivity contribution >= 4 is 17.6 Å². The van der Waals surface area contributed by atoms with E-state index in [4.69, 9.17) is 4.74 Å². The molecule has 1 aromatic rings. The van der Waals surface area contributed by atoms with Crippen molar-refractivity contribution in [3.05, 3.63) is 29.8 Å². The number of methoxy groups -OCH3 is 1. The maximum absolute atomic E-state index is 11.9. The van der Waals surface area contributed by atoms with E-state index in [9.17, 15) is 4.79 Å². The van der Waals surface area contributed by atoms with Crippen molar-refractivity contribution in [2.24, 2.45) is 10.9 Å². The molecule has 1 aromatic carbocycles. The number of rotatable bonds is 9. The molecule has 0 saturated heterocycles. The van der Waals surface area contributed by atoms with Crippen LogP contribution in [0.5, 0.6) is 0 Å². The van der Waals surface area contributed by atoms with Crippen LogP contribution in [0.2, 0.25) is 0 Å². The lowest BCUT2D eigenvalue weighted by molar-refractivity contribution is -0.116. The maximum Gasteiger partial charge on any atom is 0.224 e. The van der Waals surface area contributed by atoms with Crippen LogP contribution >= 0.6 is 0 Å². The zero-order valence-corrected chi connectivity index (χ0v) is 15.2. The first-order valence-electron chi connectivity index (χ1n) is 8.45. The van der Waals surface area contributed by atoms with Gasteiger partial charge in [0.2, 0.25) is 5.91 Å². The zero-order chi connectivity index (χ0) is 17.8. The molecule has 1 rings (SSSR count). The Morgan fingerprint density at radius 2 is 2.08 bits per heavy atom. The standard InChI is InChI=1S/C18H30N4O2/c1-5-19-18(20-9-10-24-4)21-13-15-7-6-8-16(12-15)22-17(23)11-14(2)3/h6-8,12,14H,5,9-11,13H2,1-4H3,(H,22,23)(H2,19,20,21). The number of hydrogen-bond donors (Lipinski definition) is 3. The first-order valence-corrected chi connectivity index (χ1v) is 8.45. The lowest BCUT2D eigenvalue weighted by Crippen LogP contribution is -2.38. The highest BCUT2D eigenvalue weighted by Crippen LogP contribution is 2.13. The fourth-order valence-corrected chi connectivity index (χ4v) is 2.11. The monoisotopic (exact) mass is 334 g/mol. The van der Waals surface area contributed by atoms with Crippen LogP contribution in [0.1, 0.15) is 32.8 Å². The largest absolute Gasteiger partial charge is 0.383 e. The van der Waals surface area contributed by atoms with Gasteiger partial charge in [0.05, 0.1) is 13.2 Å². The molecule has 0 atom stereocenters. The Morgan fingerprint density at radius 1 is 1.29 bits per heavy atom. The second kappa shape index (κ2) is 11.5. The SMILES string of the molecule is CCNC(=NCc1cccc(NC(=O)CC(C)C)c1)NCCOC. The summed E-state index contributed by atoms with van der Waals surface area (Å²) in [6.45, 7) is 8.75. The minimum Gasteiger partial charge on any atom is -0.383 e. The predicted molar refractivity (Wildman–Crippen MR) is 99.2 cm³/mol. The van der Waals surface area contributed by atoms with Crippen molar-refractivity contribution in [3.63, 3.8) is 0 Å². The van der Waals surface area contributed by atoms with Crippen LogP contribution in [-0.2, 0) is 16.1 Å². The Bertz CT molecular complexity index is 530. The van der Waals surface area contributed by atoms with Crippen LogP contribution in [0.4, 0.5) is 5.69 Å². The summed E-state index contributed by atoms with van der Waals surface area (Å²) in [5.41, 5.74) is 1.85. The zero-order valence-electron chi connectivity index (χ0n) is 15.2. The minimum atomic E-state index is 0.0419. The second-order valence-electron chi connectivity index (χ2n) is 5.96. The molecule has 0 spiro atoms. The molecule has 0 saturated carbocycles. The van der Waals surface area contributed by atoms with Crippen LogP contribution in [0, 0.1) is 5.92 Å². The van der Waals surface area contributed by atoms with Gasteiger partial charge in [-0.05, 0) is 30.5 Å². The predicted octanol–water partition coefficient (Wildman–Crippen LogP) is 2.37. The summed E-state index contributed by atoms with van der Waals surface area (Å²) in [6, 6.07) is 7.79. The second-order valence-corrected chi connectivity index (χ2v) is 5.96. The van der Waals surface area contributed by atoms with Gasteiger partial charge < -0.3 is 20.7 Å². The molecule has 6 heteroatoms. The van der Waals surface area contributed by atoms with Crippen LogP contribution in [0.15, 0.2) is 29.3 Å². The van der Waals surface area contributed by atoms with Crippen molar-refractivity contribution in [1.29, 1.82) is 0 Å². The van der Waals surface area contributed by atoms with Gasteiger partial charge in [0.15, 0.2) is 5.96 Å². The van der Waals surface area contributed by atoms with Crippen molar-refractivity contribution in [2.45, 2.75) is 33.7 Å². The third kappa shape index (κ3) is 8.53. The highest BCUT2D eigenvalue weighted by molar-refractivity contribution is 5.90. The average Bonchev–Trinajstić information content (AvgIpc) is 2.52. The maximum atomic E-state index is 11.9. The molecule has 3 N–H and O–H groups in total. The lowest BCUT2D eigenvalue weighted by Gasteiger charge is -2.11. The molecule has 0 unspecified atom stereocenters. The molecule has 0 aromatic heterocycles. The van der Waals surface area contributed by atoms with Gasteiger partial charge in [-0.15, -0.1) is 0 Å². The van der Waals surface area contributed by atoms with E-state index in [0.29, 0.717) is 32.0 Å². The molecular formula is C18H30N4O2. The van der Waals surface area contributed by atoms with Crippen LogP contribution in [-0.4, -0.2) is 38.7 Å². The summed E-state index contributed by atoms with van der Waals surface area (Å²) in [6.07, 6.45) is 0.524. The molecule has 0 aliphatic carbocycles. The molecule has 0 aliphatic rings. The normalized spacial score (nSPS) is 11.5. The summed E-state index contributed by atoms with van der Waals surface area (Å²) >= 11 is 0. The Hall–Kier alpha value is -2.08. The average molecular weight is 334 g/mol. The highest BCUT2D eigenvalue weighted by Gasteiger charge is 2.05. The number of anilines is 1. The van der Waals surface area contributed by atoms with Gasteiger partial charge in [0.25, 0.3) is 0 Å². The molecular weight excluding hydrogens is 304 g/mol. The van der Waals surface area contributed by atoms with E-state index in [0.717, 1.165) is 23.8 Å². The number of amides is 1. The first kappa shape index (κ1) is 20.0. The third-order valence-corrected chi connectivity index (χ3v) is 3.17. The first-order chi connectivity index (χ1) is 11.5. The number of nitrogens with zero attached hydrogens (tertiary/aromatic N) is 1. The molecule has 24 heavy (non-hydrogen) atoms. The Morgan fingerprint density at radius 3 is 2.75 bits per heavy atom. The number of carbonyl (C=O) groups excluding carboxylic acids is 1. The smallest absolute Gasteiger partial charge is 0.224 e. The van der Waals surface area contributed by atoms with Gasteiger partial charge in [-0.25, -0.2) is 4.99 Å². The minimum absolute atomic E-state index is 0.0419. The summed E-state index contributed by atoms with van der Waals surface area (Å²) in [7, 11) is 1.67. The fraction of sp³-hybridized carbons (Fsp3) is 0.556. The number of benzene rings is 1. The Kier molecular flexibility index (Phi) is 9.53. The lowest BCUT2D eigenvalue weighted by atomic mass is 10.1. The quantitative estimate of drug-likeness (QED) is 0.368. The number of carbonyl (C=O) groups is 1. The number of aliphatic imine (C=N–C) groups is 1. The topological polar surface area (TPSA) is 74.8 Å². The van der Waals surface area contributed by atoms with Crippen molar-refractivity contribution in [1.82, 2.24) is 10.6 Å². The van der Waals surface area contributed by atoms with E-state index >= 15 is 0 Å². The molecule has 1 amide bonds. The molecule has 0 radical (unpaired) electrons. The van der Waals surface area contributed by atoms with Crippen LogP contribution in [0.25, 0.3) is 0 Å². The molecule has 0 heterocycles. The number of hydrogen-bond acceptors (Lipinski definition) is 3. The summed E-state index contributed by atoms with van der Waals surface area (Å²) in [4.78, 5) is 16.4. The third-order valence-electron chi connectivity index (χ3n) is 3.17. The molecule has 0 aliphatic heterocycles. The van der Waals surface area contributed by atoms with Crippen molar-refractivity contribution < 1.29 is 9.53 Å². The highest BCUT2D eigenvalue weighted by atomic mass is 16.5. The van der Waals surface area contributed by atoms with Gasteiger partial charge in [-0.1, -0.05) is 26.0 Å². The molecule has 0 fully saturated rings. The van der Waals surface area contributed by atoms with Gasteiger partial charge in [-0.2, -0.15) is 0 Å².